The van der Waals surface area contributed by atoms with Crippen molar-refractivity contribution in [3.05, 3.63) is 40.6 Å². The van der Waals surface area contributed by atoms with Gasteiger partial charge in [0.1, 0.15) is 59.1 Å². The quantitative estimate of drug-likeness (QED) is 0.146. The molecule has 0 saturated carbocycles. The number of aliphatic hydroxyl groups is 6. The van der Waals surface area contributed by atoms with Crippen LogP contribution in [0, 0.1) is 0 Å². The molecule has 45 heavy (non-hydrogen) atoms. The summed E-state index contributed by atoms with van der Waals surface area (Å²) in [6.07, 6.45) is -16.4. The van der Waals surface area contributed by atoms with Crippen LogP contribution in [0.1, 0.15) is 6.92 Å². The molecule has 2 aliphatic heterocycles. The van der Waals surface area contributed by atoms with Crippen LogP contribution >= 0.6 is 0 Å². The van der Waals surface area contributed by atoms with Gasteiger partial charge in [-0.3, -0.25) is 4.79 Å². The lowest BCUT2D eigenvalue weighted by molar-refractivity contribution is -0.354. The Bertz CT molecular complexity index is 1570. The van der Waals surface area contributed by atoms with E-state index in [4.69, 9.17) is 32.8 Å². The second-order valence-electron chi connectivity index (χ2n) is 10.6. The van der Waals surface area contributed by atoms with Gasteiger partial charge in [0.15, 0.2) is 29.7 Å². The number of aromatic hydroxyl groups is 2. The SMILES string of the molecule is COc1cc(O)c2c(=O)c(O[C@@H]3O[C@H](CO)[C@@H](O)[C@H](O)[C@H]3O[C@H]3O[C@H](C)[C@@H](O)[C@H](O)[C@@H]3O)c(-c3ccc(O)c(OC)c3)oc2c1. The molecule has 0 unspecified atom stereocenters. The molecule has 16 heteroatoms. The number of aliphatic hydroxyl groups excluding tert-OH is 6. The van der Waals surface area contributed by atoms with E-state index < -0.39 is 84.9 Å². The van der Waals surface area contributed by atoms with Crippen molar-refractivity contribution in [2.45, 2.75) is 68.3 Å². The van der Waals surface area contributed by atoms with E-state index >= 15 is 0 Å². The highest BCUT2D eigenvalue weighted by atomic mass is 16.8. The topological polar surface area (TPSA) is 247 Å². The van der Waals surface area contributed by atoms with Gasteiger partial charge in [-0.1, -0.05) is 0 Å². The second-order valence-corrected chi connectivity index (χ2v) is 10.6. The van der Waals surface area contributed by atoms with E-state index in [2.05, 4.69) is 0 Å². The van der Waals surface area contributed by atoms with E-state index in [1.165, 1.54) is 51.5 Å². The van der Waals surface area contributed by atoms with E-state index in [9.17, 15) is 45.6 Å². The molecule has 0 amide bonds. The third kappa shape index (κ3) is 5.99. The summed E-state index contributed by atoms with van der Waals surface area (Å²) >= 11 is 0. The van der Waals surface area contributed by atoms with Gasteiger partial charge in [-0.15, -0.1) is 0 Å². The summed E-state index contributed by atoms with van der Waals surface area (Å²) in [5.74, 6) is -1.45. The predicted molar refractivity (Wildman–Crippen MR) is 150 cm³/mol. The highest BCUT2D eigenvalue weighted by Crippen LogP contribution is 2.40. The van der Waals surface area contributed by atoms with Crippen molar-refractivity contribution in [1.29, 1.82) is 0 Å². The molecule has 2 aromatic carbocycles. The molecule has 1 aromatic heterocycles. The van der Waals surface area contributed by atoms with E-state index in [0.29, 0.717) is 0 Å². The van der Waals surface area contributed by atoms with Gasteiger partial charge < -0.3 is 73.7 Å². The van der Waals surface area contributed by atoms with E-state index in [0.717, 1.165) is 0 Å². The Kier molecular flexibility index (Phi) is 9.41. The first-order valence-corrected chi connectivity index (χ1v) is 13.8. The first-order valence-electron chi connectivity index (χ1n) is 13.8. The van der Waals surface area contributed by atoms with Crippen molar-refractivity contribution in [1.82, 2.24) is 0 Å². The molecular formula is C29H34O16. The summed E-state index contributed by atoms with van der Waals surface area (Å²) in [5, 5.41) is 82.8. The van der Waals surface area contributed by atoms with Crippen molar-refractivity contribution < 1.29 is 73.7 Å². The number of ether oxygens (including phenoxy) is 6. The summed E-state index contributed by atoms with van der Waals surface area (Å²) < 4.78 is 39.3. The maximum atomic E-state index is 14.0. The Morgan fingerprint density at radius 1 is 0.822 bits per heavy atom. The van der Waals surface area contributed by atoms with Gasteiger partial charge in [0.05, 0.1) is 26.9 Å². The van der Waals surface area contributed by atoms with Crippen molar-refractivity contribution >= 4 is 11.0 Å². The minimum Gasteiger partial charge on any atom is -0.507 e. The Morgan fingerprint density at radius 2 is 1.56 bits per heavy atom. The van der Waals surface area contributed by atoms with Crippen LogP contribution in [0.2, 0.25) is 0 Å². The van der Waals surface area contributed by atoms with Crippen LogP contribution in [0.15, 0.2) is 39.5 Å². The first-order chi connectivity index (χ1) is 21.4. The van der Waals surface area contributed by atoms with Crippen LogP contribution in [-0.4, -0.2) is 123 Å². The fraction of sp³-hybridized carbons (Fsp3) is 0.483. The smallest absolute Gasteiger partial charge is 0.239 e. The second kappa shape index (κ2) is 13.0. The van der Waals surface area contributed by atoms with Gasteiger partial charge in [-0.05, 0) is 25.1 Å². The third-order valence-electron chi connectivity index (χ3n) is 7.74. The number of hydrogen-bond donors (Lipinski definition) is 8. The van der Waals surface area contributed by atoms with Crippen LogP contribution < -0.4 is 19.6 Å². The lowest BCUT2D eigenvalue weighted by atomic mass is 9.97. The molecule has 2 saturated heterocycles. The lowest BCUT2D eigenvalue weighted by Crippen LogP contribution is -2.64. The molecule has 5 rings (SSSR count). The molecule has 0 aliphatic carbocycles. The molecular weight excluding hydrogens is 604 g/mol. The molecule has 246 valence electrons. The van der Waals surface area contributed by atoms with Gasteiger partial charge in [-0.2, -0.15) is 0 Å². The minimum absolute atomic E-state index is 0.00185. The number of rotatable bonds is 8. The van der Waals surface area contributed by atoms with Crippen molar-refractivity contribution in [2.75, 3.05) is 20.8 Å². The van der Waals surface area contributed by atoms with E-state index in [-0.39, 0.29) is 39.5 Å². The molecule has 10 atom stereocenters. The van der Waals surface area contributed by atoms with Crippen LogP contribution in [0.4, 0.5) is 0 Å². The van der Waals surface area contributed by atoms with Crippen LogP contribution in [0.25, 0.3) is 22.3 Å². The fourth-order valence-corrected chi connectivity index (χ4v) is 5.18. The number of phenolic OH excluding ortho intramolecular Hbond substituents is 2. The predicted octanol–water partition coefficient (Wildman–Crippen LogP) is -1.08. The number of methoxy groups -OCH3 is 2. The van der Waals surface area contributed by atoms with Gasteiger partial charge >= 0.3 is 0 Å². The molecule has 0 bridgehead atoms. The summed E-state index contributed by atoms with van der Waals surface area (Å²) in [5.41, 5.74) is -0.902. The monoisotopic (exact) mass is 638 g/mol. The highest BCUT2D eigenvalue weighted by Gasteiger charge is 2.51. The van der Waals surface area contributed by atoms with Gasteiger partial charge in [0.2, 0.25) is 17.5 Å². The molecule has 0 radical (unpaired) electrons. The standard InChI is InChI=1S/C29H34O16/c1-10-19(33)22(36)24(38)28(41-10)45-27-23(37)20(34)17(9-30)43-29(27)44-26-21(35)18-14(32)7-12(39-2)8-16(18)42-25(26)11-4-5-13(31)15(6-11)40-3/h4-8,10,17,19-20,22-24,27-34,36-38H,9H2,1-3H3/t10-,17-,19-,20-,22+,23+,24+,27-,28-,29+/m1/s1. The van der Waals surface area contributed by atoms with Gasteiger partial charge in [-0.25, -0.2) is 0 Å². The summed E-state index contributed by atoms with van der Waals surface area (Å²) in [7, 11) is 2.64. The molecule has 16 nitrogen and oxygen atoms in total. The number of phenols is 2. The third-order valence-corrected chi connectivity index (χ3v) is 7.74. The summed E-state index contributed by atoms with van der Waals surface area (Å²) in [4.78, 5) is 14.0. The Morgan fingerprint density at radius 3 is 2.22 bits per heavy atom. The Balaban J connectivity index is 1.64. The first kappa shape index (κ1) is 32.7. The molecule has 0 spiro atoms. The van der Waals surface area contributed by atoms with E-state index in [1.54, 1.807) is 0 Å². The Labute approximate surface area is 254 Å². The fourth-order valence-electron chi connectivity index (χ4n) is 5.18. The summed E-state index contributed by atoms with van der Waals surface area (Å²) in [6.45, 7) is 0.596. The van der Waals surface area contributed by atoms with Crippen molar-refractivity contribution in [3.63, 3.8) is 0 Å². The highest BCUT2D eigenvalue weighted by molar-refractivity contribution is 5.88. The molecule has 8 N–H and O–H groups in total. The van der Waals surface area contributed by atoms with Crippen LogP contribution in [0.3, 0.4) is 0 Å². The zero-order valence-electron chi connectivity index (χ0n) is 24.2. The average molecular weight is 639 g/mol. The minimum atomic E-state index is -1.88. The Hall–Kier alpha value is -3.71. The van der Waals surface area contributed by atoms with Crippen LogP contribution in [-0.2, 0) is 14.2 Å². The van der Waals surface area contributed by atoms with Gasteiger partial charge in [0, 0.05) is 17.7 Å². The zero-order valence-corrected chi connectivity index (χ0v) is 24.2. The summed E-state index contributed by atoms with van der Waals surface area (Å²) in [6, 6.07) is 6.48. The molecule has 3 aromatic rings. The average Bonchev–Trinajstić information content (AvgIpc) is 3.02. The largest absolute Gasteiger partial charge is 0.507 e. The van der Waals surface area contributed by atoms with Crippen molar-refractivity contribution in [3.8, 4) is 40.1 Å². The normalized spacial score (nSPS) is 31.9. The van der Waals surface area contributed by atoms with E-state index in [1.807, 2.05) is 0 Å². The molecule has 2 fully saturated rings. The number of fused-ring (bicyclic) bond motifs is 1. The van der Waals surface area contributed by atoms with Crippen LogP contribution in [0.5, 0.6) is 28.7 Å². The number of benzene rings is 2. The van der Waals surface area contributed by atoms with Crippen molar-refractivity contribution in [2.24, 2.45) is 0 Å². The maximum absolute atomic E-state index is 14.0. The van der Waals surface area contributed by atoms with Gasteiger partial charge in [0.25, 0.3) is 0 Å². The molecule has 2 aliphatic rings. The lowest BCUT2D eigenvalue weighted by Gasteiger charge is -2.45. The number of hydrogen-bond acceptors (Lipinski definition) is 16. The zero-order chi connectivity index (χ0) is 32.7. The maximum Gasteiger partial charge on any atom is 0.239 e. The molecule has 3 heterocycles.